The van der Waals surface area contributed by atoms with Gasteiger partial charge in [-0.05, 0) is 0 Å². The minimum atomic E-state index is 0.579. The van der Waals surface area contributed by atoms with Crippen molar-refractivity contribution in [3.63, 3.8) is 0 Å². The second-order valence-electron chi connectivity index (χ2n) is 1.52. The van der Waals surface area contributed by atoms with Crippen molar-refractivity contribution in [1.29, 1.82) is 0 Å². The van der Waals surface area contributed by atoms with Crippen LogP contribution in [0.5, 0.6) is 0 Å². The number of aromatic amines is 1. The molecule has 0 amide bonds. The van der Waals surface area contributed by atoms with Crippen molar-refractivity contribution in [3.05, 3.63) is 6.20 Å². The van der Waals surface area contributed by atoms with E-state index in [1.165, 1.54) is 4.57 Å². The third-order valence-corrected chi connectivity index (χ3v) is 1.09. The topological polar surface area (TPSA) is 50.7 Å². The first kappa shape index (κ1) is 3.65. The maximum atomic E-state index is 9.89. The Bertz CT molecular complexity index is 260. The molecular weight excluding hydrogens is 106 g/mol. The molecule has 0 aliphatic carbocycles. The molecule has 3 aromatic heterocycles. The largest absolute Gasteiger partial charge is 0.325 e. The van der Waals surface area contributed by atoms with Gasteiger partial charge in [-0.3, -0.25) is 4.79 Å². The summed E-state index contributed by atoms with van der Waals surface area (Å²) in [5, 5.41) is 0. The van der Waals surface area contributed by atoms with E-state index in [0.29, 0.717) is 5.78 Å². The molecule has 0 unspecified atom stereocenters. The third kappa shape index (κ3) is 0.203. The summed E-state index contributed by atoms with van der Waals surface area (Å²) in [7, 11) is 0. The molecule has 0 fully saturated rings. The molecule has 4 nitrogen and oxygen atoms in total. The maximum Gasteiger partial charge on any atom is 0.325 e. The Kier molecular flexibility index (Phi) is 0.417. The molecule has 0 saturated heterocycles. The normalized spacial score (nSPS) is 11.0. The lowest BCUT2D eigenvalue weighted by atomic mass is 10.7. The highest BCUT2D eigenvalue weighted by molar-refractivity contribution is 5.74. The first-order valence-electron chi connectivity index (χ1n) is 2.15. The molecule has 0 aliphatic rings. The molecule has 39 valence electrons. The van der Waals surface area contributed by atoms with Gasteiger partial charge in [0.1, 0.15) is 5.65 Å². The predicted molar refractivity (Wildman–Crippen MR) is 26.4 cm³/mol. The van der Waals surface area contributed by atoms with Crippen LogP contribution in [0.2, 0.25) is 0 Å². The van der Waals surface area contributed by atoms with Crippen LogP contribution in [-0.2, 0) is 4.79 Å². The lowest BCUT2D eigenvalue weighted by Gasteiger charge is -1.96. The van der Waals surface area contributed by atoms with E-state index in [9.17, 15) is 4.79 Å². The van der Waals surface area contributed by atoms with Gasteiger partial charge < -0.3 is 4.98 Å². The Morgan fingerprint density at radius 2 is 2.75 bits per heavy atom. The second-order valence-corrected chi connectivity index (χ2v) is 1.52. The number of fused-ring (bicyclic) bond motifs is 1. The molecule has 3 aromatic rings. The fraction of sp³-hybridized carbons (Fsp3) is 0. The summed E-state index contributed by atoms with van der Waals surface area (Å²) in [4.78, 5) is 16.4. The van der Waals surface area contributed by atoms with Crippen molar-refractivity contribution >= 4 is 17.8 Å². The summed E-state index contributed by atoms with van der Waals surface area (Å²) in [5.41, 5.74) is 0.718. The Morgan fingerprint density at radius 1 is 1.88 bits per heavy atom. The number of nitrogens with one attached hydrogen (secondary N) is 1. The first-order chi connectivity index (χ1) is 3.92. The lowest BCUT2D eigenvalue weighted by Crippen LogP contribution is -2.03. The summed E-state index contributed by atoms with van der Waals surface area (Å²) in [6, 6.07) is 0. The van der Waals surface area contributed by atoms with E-state index in [-0.39, 0.29) is 0 Å². The maximum absolute atomic E-state index is 9.89. The molecule has 2 bridgehead atoms. The van der Waals surface area contributed by atoms with Crippen molar-refractivity contribution in [2.75, 3.05) is 0 Å². The van der Waals surface area contributed by atoms with E-state index in [0.717, 1.165) is 5.65 Å². The molecule has 3 rings (SSSR count). The Hall–Kier alpha value is -1.32. The predicted octanol–water partition coefficient (Wildman–Crippen LogP) is -0.283. The molecule has 0 saturated carbocycles. The Balaban J connectivity index is 2.83. The van der Waals surface area contributed by atoms with E-state index in [4.69, 9.17) is 0 Å². The number of hydrogen-bond donors (Lipinski definition) is 1. The molecule has 1 N–H and O–H groups in total. The molecule has 0 spiro atoms. The zero-order chi connectivity index (χ0) is 5.56. The molecule has 4 heteroatoms. The molecular formula is C4H2N3O. The van der Waals surface area contributed by atoms with E-state index in [2.05, 4.69) is 9.97 Å². The van der Waals surface area contributed by atoms with E-state index in [1.807, 2.05) is 0 Å². The van der Waals surface area contributed by atoms with Crippen molar-refractivity contribution in [2.24, 2.45) is 0 Å². The van der Waals surface area contributed by atoms with Crippen LogP contribution in [0, 0.1) is 0 Å². The smallest absolute Gasteiger partial charge is 0.309 e. The summed E-state index contributed by atoms with van der Waals surface area (Å²) in [5.74, 6) is 0.579. The van der Waals surface area contributed by atoms with Crippen LogP contribution in [0.25, 0.3) is 11.4 Å². The number of nitrogens with zero attached hydrogens (tertiary/aromatic N) is 2. The number of hydrogen-bond acceptors (Lipinski definition) is 2. The summed E-state index contributed by atoms with van der Waals surface area (Å²) < 4.78 is 1.32. The van der Waals surface area contributed by atoms with Gasteiger partial charge in [-0.2, -0.15) is 0 Å². The highest BCUT2D eigenvalue weighted by Gasteiger charge is 2.07. The zero-order valence-corrected chi connectivity index (χ0v) is 3.88. The number of rotatable bonds is 1. The highest BCUT2D eigenvalue weighted by atomic mass is 16.1. The summed E-state index contributed by atoms with van der Waals surface area (Å²) in [6.45, 7) is 0. The molecule has 0 aliphatic heterocycles. The minimum absolute atomic E-state index is 0.579. The average Bonchev–Trinajstić information content (AvgIpc) is 2.19. The van der Waals surface area contributed by atoms with Crippen molar-refractivity contribution in [2.45, 2.75) is 0 Å². The van der Waals surface area contributed by atoms with Gasteiger partial charge in [0, 0.05) is 0 Å². The lowest BCUT2D eigenvalue weighted by molar-refractivity contribution is 0.548. The monoisotopic (exact) mass is 108 g/mol. The van der Waals surface area contributed by atoms with Crippen LogP contribution in [0.3, 0.4) is 0 Å². The van der Waals surface area contributed by atoms with E-state index >= 15 is 0 Å². The van der Waals surface area contributed by atoms with Gasteiger partial charge in [-0.1, -0.05) is 0 Å². The van der Waals surface area contributed by atoms with E-state index < -0.39 is 0 Å². The number of aromatic nitrogens is 3. The molecule has 0 aromatic carbocycles. The standard InChI is InChI=1S/C4H2N3O/c8-2-7-3-1-5-4(7)6-3/h1H,(H,5,6). The van der Waals surface area contributed by atoms with Crippen LogP contribution < -0.4 is 0 Å². The number of imidazole rings is 2. The van der Waals surface area contributed by atoms with Crippen molar-refractivity contribution < 1.29 is 4.79 Å². The van der Waals surface area contributed by atoms with Gasteiger partial charge in [-0.15, -0.1) is 0 Å². The fourth-order valence-electron chi connectivity index (χ4n) is 0.682. The third-order valence-electron chi connectivity index (χ3n) is 1.09. The molecule has 0 atom stereocenters. The van der Waals surface area contributed by atoms with Gasteiger partial charge in [0.25, 0.3) is 0 Å². The Morgan fingerprint density at radius 3 is 3.00 bits per heavy atom. The van der Waals surface area contributed by atoms with Gasteiger partial charge >= 0.3 is 6.41 Å². The average molecular weight is 108 g/mol. The van der Waals surface area contributed by atoms with Crippen LogP contribution in [0.15, 0.2) is 6.20 Å². The number of H-pyrrole nitrogens is 1. The van der Waals surface area contributed by atoms with Crippen LogP contribution in [0.1, 0.15) is 0 Å². The van der Waals surface area contributed by atoms with Crippen LogP contribution in [0.4, 0.5) is 0 Å². The summed E-state index contributed by atoms with van der Waals surface area (Å²) in [6.07, 6.45) is 3.27. The van der Waals surface area contributed by atoms with Crippen molar-refractivity contribution in [1.82, 2.24) is 14.5 Å². The minimum Gasteiger partial charge on any atom is -0.309 e. The quantitative estimate of drug-likeness (QED) is 0.546. The molecule has 1 radical (unpaired) electrons. The van der Waals surface area contributed by atoms with Gasteiger partial charge in [0.05, 0.1) is 6.20 Å². The van der Waals surface area contributed by atoms with Gasteiger partial charge in [0.15, 0.2) is 0 Å². The van der Waals surface area contributed by atoms with Crippen LogP contribution >= 0.6 is 0 Å². The van der Waals surface area contributed by atoms with Gasteiger partial charge in [-0.25, -0.2) is 9.55 Å². The van der Waals surface area contributed by atoms with Crippen molar-refractivity contribution in [3.8, 4) is 0 Å². The molecule has 8 heavy (non-hydrogen) atoms. The highest BCUT2D eigenvalue weighted by Crippen LogP contribution is 2.07. The SMILES string of the molecule is O=[C]n1c2cnc1[nH]2. The Labute approximate surface area is 44.5 Å². The van der Waals surface area contributed by atoms with Gasteiger partial charge in [0.2, 0.25) is 5.78 Å². The molecule has 3 heterocycles. The van der Waals surface area contributed by atoms with Crippen LogP contribution in [-0.4, -0.2) is 20.9 Å². The first-order valence-corrected chi connectivity index (χ1v) is 2.15. The zero-order valence-electron chi connectivity index (χ0n) is 3.88. The summed E-state index contributed by atoms with van der Waals surface area (Å²) >= 11 is 0. The number of carbonyl (C=O) groups excluding carboxylic acids is 1. The second kappa shape index (κ2) is 0.912. The fourth-order valence-corrected chi connectivity index (χ4v) is 0.682. The van der Waals surface area contributed by atoms with E-state index in [1.54, 1.807) is 12.6 Å².